The molecule has 4 heteroatoms. The van der Waals surface area contributed by atoms with E-state index in [1.54, 1.807) is 24.3 Å². The maximum absolute atomic E-state index is 12.4. The third kappa shape index (κ3) is 6.32. The number of carbonyl (C=O) groups is 2. The SMILES string of the molecule is CCCCc1ccc(NC(=O)c2ccc(NC(=O)Cc3ccccc3)cc2)cc1. The van der Waals surface area contributed by atoms with Gasteiger partial charge in [0.15, 0.2) is 0 Å². The Bertz CT molecular complexity index is 933. The number of hydrogen-bond donors (Lipinski definition) is 2. The molecule has 0 aromatic heterocycles. The molecule has 0 atom stereocenters. The summed E-state index contributed by atoms with van der Waals surface area (Å²) in [5.74, 6) is -0.259. The molecule has 3 aromatic carbocycles. The molecule has 0 spiro atoms. The molecular formula is C25H26N2O2. The van der Waals surface area contributed by atoms with Crippen LogP contribution in [0, 0.1) is 0 Å². The lowest BCUT2D eigenvalue weighted by Gasteiger charge is -2.08. The van der Waals surface area contributed by atoms with Gasteiger partial charge >= 0.3 is 0 Å². The van der Waals surface area contributed by atoms with Crippen molar-refractivity contribution in [2.24, 2.45) is 0 Å². The van der Waals surface area contributed by atoms with Crippen LogP contribution in [-0.4, -0.2) is 11.8 Å². The number of anilines is 2. The van der Waals surface area contributed by atoms with Crippen LogP contribution < -0.4 is 10.6 Å². The zero-order valence-electron chi connectivity index (χ0n) is 16.7. The number of benzene rings is 3. The average molecular weight is 386 g/mol. The molecule has 0 heterocycles. The first-order valence-corrected chi connectivity index (χ1v) is 9.98. The van der Waals surface area contributed by atoms with Crippen LogP contribution in [0.3, 0.4) is 0 Å². The van der Waals surface area contributed by atoms with Crippen molar-refractivity contribution >= 4 is 23.2 Å². The van der Waals surface area contributed by atoms with E-state index in [9.17, 15) is 9.59 Å². The summed E-state index contributed by atoms with van der Waals surface area (Å²) in [6.45, 7) is 2.18. The van der Waals surface area contributed by atoms with Crippen molar-refractivity contribution in [2.75, 3.05) is 10.6 Å². The fraction of sp³-hybridized carbons (Fsp3) is 0.200. The first kappa shape index (κ1) is 20.3. The highest BCUT2D eigenvalue weighted by atomic mass is 16.2. The zero-order chi connectivity index (χ0) is 20.5. The summed E-state index contributed by atoms with van der Waals surface area (Å²) in [6, 6.07) is 24.5. The second kappa shape index (κ2) is 10.2. The number of amides is 2. The van der Waals surface area contributed by atoms with E-state index in [1.165, 1.54) is 18.4 Å². The summed E-state index contributed by atoms with van der Waals surface area (Å²) in [5.41, 5.74) is 4.22. The Hall–Kier alpha value is -3.40. The number of unbranched alkanes of at least 4 members (excludes halogenated alkanes) is 1. The third-order valence-corrected chi connectivity index (χ3v) is 4.67. The van der Waals surface area contributed by atoms with Crippen molar-refractivity contribution < 1.29 is 9.59 Å². The summed E-state index contributed by atoms with van der Waals surface area (Å²) in [6.07, 6.45) is 3.71. The second-order valence-electron chi connectivity index (χ2n) is 7.04. The molecule has 4 nitrogen and oxygen atoms in total. The molecule has 3 aromatic rings. The molecule has 0 unspecified atom stereocenters. The summed E-state index contributed by atoms with van der Waals surface area (Å²) in [5, 5.41) is 5.77. The molecule has 2 amide bonds. The lowest BCUT2D eigenvalue weighted by molar-refractivity contribution is -0.115. The highest BCUT2D eigenvalue weighted by molar-refractivity contribution is 6.04. The van der Waals surface area contributed by atoms with Crippen molar-refractivity contribution in [3.63, 3.8) is 0 Å². The Kier molecular flexibility index (Phi) is 7.17. The summed E-state index contributed by atoms with van der Waals surface area (Å²) >= 11 is 0. The normalized spacial score (nSPS) is 10.4. The van der Waals surface area contributed by atoms with Crippen molar-refractivity contribution in [1.82, 2.24) is 0 Å². The molecule has 148 valence electrons. The van der Waals surface area contributed by atoms with E-state index in [4.69, 9.17) is 0 Å². The Balaban J connectivity index is 1.53. The molecule has 0 saturated heterocycles. The van der Waals surface area contributed by atoms with Gasteiger partial charge in [-0.25, -0.2) is 0 Å². The fourth-order valence-electron chi connectivity index (χ4n) is 3.03. The highest BCUT2D eigenvalue weighted by Crippen LogP contribution is 2.15. The summed E-state index contributed by atoms with van der Waals surface area (Å²) < 4.78 is 0. The molecule has 0 aliphatic heterocycles. The third-order valence-electron chi connectivity index (χ3n) is 4.67. The Labute approximate surface area is 172 Å². The van der Waals surface area contributed by atoms with E-state index in [2.05, 4.69) is 29.7 Å². The zero-order valence-corrected chi connectivity index (χ0v) is 16.7. The van der Waals surface area contributed by atoms with Crippen LogP contribution in [0.4, 0.5) is 11.4 Å². The smallest absolute Gasteiger partial charge is 0.255 e. The minimum absolute atomic E-state index is 0.0865. The minimum atomic E-state index is -0.173. The first-order valence-electron chi connectivity index (χ1n) is 9.98. The Morgan fingerprint density at radius 1 is 0.724 bits per heavy atom. The number of aryl methyl sites for hydroxylation is 1. The van der Waals surface area contributed by atoms with E-state index in [0.717, 1.165) is 17.7 Å². The lowest BCUT2D eigenvalue weighted by atomic mass is 10.1. The van der Waals surface area contributed by atoms with Gasteiger partial charge in [-0.1, -0.05) is 55.8 Å². The van der Waals surface area contributed by atoms with Gasteiger partial charge in [0.1, 0.15) is 0 Å². The van der Waals surface area contributed by atoms with E-state index < -0.39 is 0 Å². The van der Waals surface area contributed by atoms with Gasteiger partial charge in [-0.3, -0.25) is 9.59 Å². The Morgan fingerprint density at radius 3 is 2.00 bits per heavy atom. The second-order valence-corrected chi connectivity index (χ2v) is 7.04. The maximum Gasteiger partial charge on any atom is 0.255 e. The molecule has 29 heavy (non-hydrogen) atoms. The van der Waals surface area contributed by atoms with Gasteiger partial charge in [0, 0.05) is 16.9 Å². The van der Waals surface area contributed by atoms with Crippen LogP contribution in [0.1, 0.15) is 41.3 Å². The topological polar surface area (TPSA) is 58.2 Å². The van der Waals surface area contributed by atoms with Gasteiger partial charge in [-0.2, -0.15) is 0 Å². The van der Waals surface area contributed by atoms with Crippen LogP contribution in [0.15, 0.2) is 78.9 Å². The number of nitrogens with one attached hydrogen (secondary N) is 2. The van der Waals surface area contributed by atoms with Crippen LogP contribution in [0.2, 0.25) is 0 Å². The minimum Gasteiger partial charge on any atom is -0.326 e. The van der Waals surface area contributed by atoms with Gasteiger partial charge in [0.2, 0.25) is 5.91 Å². The van der Waals surface area contributed by atoms with Gasteiger partial charge in [0.05, 0.1) is 6.42 Å². The largest absolute Gasteiger partial charge is 0.326 e. The van der Waals surface area contributed by atoms with E-state index in [0.29, 0.717) is 17.7 Å². The molecule has 0 fully saturated rings. The van der Waals surface area contributed by atoms with E-state index in [-0.39, 0.29) is 11.8 Å². The number of rotatable bonds is 8. The monoisotopic (exact) mass is 386 g/mol. The van der Waals surface area contributed by atoms with Gasteiger partial charge in [-0.15, -0.1) is 0 Å². The molecule has 0 radical (unpaired) electrons. The molecule has 0 bridgehead atoms. The van der Waals surface area contributed by atoms with E-state index >= 15 is 0 Å². The predicted octanol–water partition coefficient (Wildman–Crippen LogP) is 5.46. The van der Waals surface area contributed by atoms with Crippen molar-refractivity contribution in [2.45, 2.75) is 32.6 Å². The molecule has 0 aliphatic rings. The van der Waals surface area contributed by atoms with Gasteiger partial charge in [0.25, 0.3) is 5.91 Å². The van der Waals surface area contributed by atoms with Crippen molar-refractivity contribution in [3.8, 4) is 0 Å². The number of carbonyl (C=O) groups excluding carboxylic acids is 2. The van der Waals surface area contributed by atoms with E-state index in [1.807, 2.05) is 42.5 Å². The van der Waals surface area contributed by atoms with Crippen LogP contribution >= 0.6 is 0 Å². The molecular weight excluding hydrogens is 360 g/mol. The number of hydrogen-bond acceptors (Lipinski definition) is 2. The average Bonchev–Trinajstić information content (AvgIpc) is 2.74. The van der Waals surface area contributed by atoms with Crippen molar-refractivity contribution in [1.29, 1.82) is 0 Å². The fourth-order valence-corrected chi connectivity index (χ4v) is 3.03. The van der Waals surface area contributed by atoms with Gasteiger partial charge < -0.3 is 10.6 Å². The molecule has 0 aliphatic carbocycles. The van der Waals surface area contributed by atoms with Crippen LogP contribution in [-0.2, 0) is 17.6 Å². The molecule has 3 rings (SSSR count). The van der Waals surface area contributed by atoms with Gasteiger partial charge in [-0.05, 0) is 60.4 Å². The quantitative estimate of drug-likeness (QED) is 0.540. The molecule has 2 N–H and O–H groups in total. The van der Waals surface area contributed by atoms with Crippen molar-refractivity contribution in [3.05, 3.63) is 95.6 Å². The summed E-state index contributed by atoms with van der Waals surface area (Å²) in [4.78, 5) is 24.6. The standard InChI is InChI=1S/C25H26N2O2/c1-2-3-7-19-10-14-23(15-11-19)27-25(29)21-12-16-22(17-13-21)26-24(28)18-20-8-5-4-6-9-20/h4-6,8-17H,2-3,7,18H2,1H3,(H,26,28)(H,27,29). The summed E-state index contributed by atoms with van der Waals surface area (Å²) in [7, 11) is 0. The lowest BCUT2D eigenvalue weighted by Crippen LogP contribution is -2.15. The van der Waals surface area contributed by atoms with Crippen LogP contribution in [0.25, 0.3) is 0 Å². The first-order chi connectivity index (χ1) is 14.1. The Morgan fingerprint density at radius 2 is 1.34 bits per heavy atom. The highest BCUT2D eigenvalue weighted by Gasteiger charge is 2.08. The van der Waals surface area contributed by atoms with Crippen LogP contribution in [0.5, 0.6) is 0 Å². The molecule has 0 saturated carbocycles. The maximum atomic E-state index is 12.4. The predicted molar refractivity (Wildman–Crippen MR) is 118 cm³/mol.